The molecule has 1 spiro atoms. The smallest absolute Gasteiger partial charge is 0.193 e. The van der Waals surface area contributed by atoms with Crippen LogP contribution in [-0.4, -0.2) is 49.2 Å². The molecule has 0 aromatic carbocycles. The molecule has 6 heteroatoms. The van der Waals surface area contributed by atoms with E-state index >= 15 is 0 Å². The van der Waals surface area contributed by atoms with E-state index in [1.54, 1.807) is 0 Å². The Morgan fingerprint density at radius 1 is 1.45 bits per heavy atom. The van der Waals surface area contributed by atoms with Crippen molar-refractivity contribution in [2.45, 2.75) is 26.3 Å². The van der Waals surface area contributed by atoms with Gasteiger partial charge in [-0.1, -0.05) is 6.07 Å². The van der Waals surface area contributed by atoms with Crippen molar-refractivity contribution in [2.75, 3.05) is 33.4 Å². The van der Waals surface area contributed by atoms with E-state index in [-0.39, 0.29) is 24.0 Å². The van der Waals surface area contributed by atoms with Gasteiger partial charge in [0.1, 0.15) is 0 Å². The number of pyridine rings is 1. The van der Waals surface area contributed by atoms with Crippen LogP contribution >= 0.6 is 24.0 Å². The molecule has 3 rings (SSSR count). The predicted molar refractivity (Wildman–Crippen MR) is 98.6 cm³/mol. The summed E-state index contributed by atoms with van der Waals surface area (Å²) >= 11 is 0. The molecule has 0 saturated carbocycles. The fraction of sp³-hybridized carbons (Fsp3) is 0.625. The van der Waals surface area contributed by atoms with E-state index in [4.69, 9.17) is 4.74 Å². The quantitative estimate of drug-likeness (QED) is 0.456. The Balaban J connectivity index is 0.00000176. The van der Waals surface area contributed by atoms with Gasteiger partial charge in [0.15, 0.2) is 5.96 Å². The Kier molecular flexibility index (Phi) is 6.02. The molecule has 2 fully saturated rings. The number of likely N-dealkylation sites (tertiary alicyclic amines) is 1. The zero-order chi connectivity index (χ0) is 14.7. The van der Waals surface area contributed by atoms with E-state index in [0.717, 1.165) is 43.7 Å². The Hall–Kier alpha value is -0.890. The highest BCUT2D eigenvalue weighted by Gasteiger charge is 2.42. The second-order valence-electron chi connectivity index (χ2n) is 6.15. The molecule has 22 heavy (non-hydrogen) atoms. The average molecular weight is 416 g/mol. The van der Waals surface area contributed by atoms with E-state index in [1.165, 1.54) is 12.8 Å². The van der Waals surface area contributed by atoms with Gasteiger partial charge in [-0.25, -0.2) is 0 Å². The van der Waals surface area contributed by atoms with Crippen LogP contribution in [0.15, 0.2) is 23.2 Å². The Morgan fingerprint density at radius 3 is 3.00 bits per heavy atom. The number of hydrogen-bond donors (Lipinski definition) is 1. The van der Waals surface area contributed by atoms with Gasteiger partial charge in [-0.05, 0) is 31.9 Å². The molecule has 2 aliphatic rings. The summed E-state index contributed by atoms with van der Waals surface area (Å²) in [6.07, 6.45) is 2.39. The number of ether oxygens (including phenoxy) is 1. The average Bonchev–Trinajstić information content (AvgIpc) is 3.11. The highest BCUT2D eigenvalue weighted by Crippen LogP contribution is 2.38. The zero-order valence-electron chi connectivity index (χ0n) is 13.3. The third-order valence-corrected chi connectivity index (χ3v) is 4.51. The molecule has 0 radical (unpaired) electrons. The highest BCUT2D eigenvalue weighted by molar-refractivity contribution is 14.0. The standard InChI is InChI=1S/C16H24N4O.HI/c1-13-4-3-5-14(19-13)10-18-15(17-2)20-8-6-16(11-20)7-9-21-12-16;/h3-5H,6-12H2,1-2H3,(H,17,18);1H. The molecule has 0 bridgehead atoms. The van der Waals surface area contributed by atoms with Crippen LogP contribution in [-0.2, 0) is 11.3 Å². The Bertz CT molecular complexity index is 529. The van der Waals surface area contributed by atoms with Crippen LogP contribution < -0.4 is 5.32 Å². The fourth-order valence-corrected chi connectivity index (χ4v) is 3.29. The number of nitrogens with zero attached hydrogens (tertiary/aromatic N) is 3. The van der Waals surface area contributed by atoms with E-state index in [1.807, 2.05) is 32.2 Å². The molecule has 1 aromatic heterocycles. The zero-order valence-corrected chi connectivity index (χ0v) is 15.7. The number of aliphatic imine (C=N–C) groups is 1. The molecule has 122 valence electrons. The first-order chi connectivity index (χ1) is 10.2. The minimum atomic E-state index is 0. The van der Waals surface area contributed by atoms with E-state index in [0.29, 0.717) is 12.0 Å². The number of nitrogens with one attached hydrogen (secondary N) is 1. The van der Waals surface area contributed by atoms with Gasteiger partial charge in [0.25, 0.3) is 0 Å². The van der Waals surface area contributed by atoms with Crippen molar-refractivity contribution in [1.82, 2.24) is 15.2 Å². The van der Waals surface area contributed by atoms with E-state index < -0.39 is 0 Å². The van der Waals surface area contributed by atoms with Crippen molar-refractivity contribution in [3.63, 3.8) is 0 Å². The number of halogens is 1. The van der Waals surface area contributed by atoms with Crippen molar-refractivity contribution in [2.24, 2.45) is 10.4 Å². The van der Waals surface area contributed by atoms with Crippen molar-refractivity contribution >= 4 is 29.9 Å². The Labute approximate surface area is 149 Å². The van der Waals surface area contributed by atoms with Gasteiger partial charge in [0.05, 0.1) is 18.8 Å². The maximum Gasteiger partial charge on any atom is 0.193 e. The summed E-state index contributed by atoms with van der Waals surface area (Å²) < 4.78 is 5.59. The fourth-order valence-electron chi connectivity index (χ4n) is 3.29. The summed E-state index contributed by atoms with van der Waals surface area (Å²) in [6.45, 7) is 6.65. The number of guanidine groups is 1. The number of aromatic nitrogens is 1. The first kappa shape index (κ1) is 17.5. The number of rotatable bonds is 2. The van der Waals surface area contributed by atoms with Crippen molar-refractivity contribution in [3.8, 4) is 0 Å². The topological polar surface area (TPSA) is 49.8 Å². The molecule has 1 unspecified atom stereocenters. The minimum Gasteiger partial charge on any atom is -0.381 e. The van der Waals surface area contributed by atoms with Gasteiger partial charge in [0, 0.05) is 37.9 Å². The summed E-state index contributed by atoms with van der Waals surface area (Å²) in [6, 6.07) is 6.11. The lowest BCUT2D eigenvalue weighted by Gasteiger charge is -2.24. The summed E-state index contributed by atoms with van der Waals surface area (Å²) in [5.41, 5.74) is 2.46. The Morgan fingerprint density at radius 2 is 2.32 bits per heavy atom. The molecule has 0 amide bonds. The van der Waals surface area contributed by atoms with Gasteiger partial charge >= 0.3 is 0 Å². The van der Waals surface area contributed by atoms with Crippen LogP contribution in [0.3, 0.4) is 0 Å². The first-order valence-corrected chi connectivity index (χ1v) is 7.67. The van der Waals surface area contributed by atoms with E-state index in [9.17, 15) is 0 Å². The second-order valence-corrected chi connectivity index (χ2v) is 6.15. The lowest BCUT2D eigenvalue weighted by molar-refractivity contribution is 0.156. The van der Waals surface area contributed by atoms with E-state index in [2.05, 4.69) is 20.2 Å². The molecule has 0 aliphatic carbocycles. The van der Waals surface area contributed by atoms with Crippen molar-refractivity contribution in [3.05, 3.63) is 29.6 Å². The lowest BCUT2D eigenvalue weighted by atomic mass is 9.87. The SMILES string of the molecule is CN=C(NCc1cccc(C)n1)N1CCC2(CCOC2)C1.I. The lowest BCUT2D eigenvalue weighted by Crippen LogP contribution is -2.41. The molecule has 2 saturated heterocycles. The summed E-state index contributed by atoms with van der Waals surface area (Å²) in [5.74, 6) is 0.974. The van der Waals surface area contributed by atoms with Crippen LogP contribution in [0.4, 0.5) is 0 Å². The van der Waals surface area contributed by atoms with Crippen LogP contribution in [0.25, 0.3) is 0 Å². The molecule has 1 atom stereocenters. The number of aryl methyl sites for hydroxylation is 1. The maximum absolute atomic E-state index is 5.59. The normalized spacial score (nSPS) is 24.6. The molecule has 2 aliphatic heterocycles. The summed E-state index contributed by atoms with van der Waals surface area (Å²) in [4.78, 5) is 11.3. The third-order valence-electron chi connectivity index (χ3n) is 4.51. The van der Waals surface area contributed by atoms with Crippen LogP contribution in [0.5, 0.6) is 0 Å². The predicted octanol–water partition coefficient (Wildman–Crippen LogP) is 2.20. The minimum absolute atomic E-state index is 0. The highest BCUT2D eigenvalue weighted by atomic mass is 127. The molecule has 1 N–H and O–H groups in total. The van der Waals surface area contributed by atoms with Gasteiger partial charge < -0.3 is 15.0 Å². The maximum atomic E-state index is 5.59. The molecular weight excluding hydrogens is 391 g/mol. The van der Waals surface area contributed by atoms with Gasteiger partial charge in [-0.15, -0.1) is 24.0 Å². The van der Waals surface area contributed by atoms with Gasteiger partial charge in [-0.2, -0.15) is 0 Å². The summed E-state index contributed by atoms with van der Waals surface area (Å²) in [5, 5.41) is 3.43. The summed E-state index contributed by atoms with van der Waals surface area (Å²) in [7, 11) is 1.85. The van der Waals surface area contributed by atoms with Crippen molar-refractivity contribution < 1.29 is 4.74 Å². The molecule has 1 aromatic rings. The molecule has 3 heterocycles. The number of hydrogen-bond acceptors (Lipinski definition) is 3. The second kappa shape index (κ2) is 7.59. The van der Waals surface area contributed by atoms with Gasteiger partial charge in [0.2, 0.25) is 0 Å². The molecular formula is C16H25IN4O. The van der Waals surface area contributed by atoms with Gasteiger partial charge in [-0.3, -0.25) is 9.98 Å². The van der Waals surface area contributed by atoms with Crippen LogP contribution in [0.1, 0.15) is 24.2 Å². The van der Waals surface area contributed by atoms with Crippen LogP contribution in [0.2, 0.25) is 0 Å². The largest absolute Gasteiger partial charge is 0.381 e. The first-order valence-electron chi connectivity index (χ1n) is 7.67. The monoisotopic (exact) mass is 416 g/mol. The van der Waals surface area contributed by atoms with Crippen molar-refractivity contribution in [1.29, 1.82) is 0 Å². The molecule has 5 nitrogen and oxygen atoms in total. The van der Waals surface area contributed by atoms with Crippen LogP contribution in [0, 0.1) is 12.3 Å². The third kappa shape index (κ3) is 3.90.